The molecule has 0 aliphatic carbocycles. The molecule has 1 nitrogen and oxygen atoms in total. The number of alkyl halides is 1. The topological polar surface area (TPSA) is 9.23 Å². The Morgan fingerprint density at radius 2 is 2.00 bits per heavy atom. The molecular formula is C10H13ClO. The molecule has 66 valence electrons. The molecule has 1 aromatic rings. The van der Waals surface area contributed by atoms with Crippen LogP contribution in [0.2, 0.25) is 0 Å². The van der Waals surface area contributed by atoms with Gasteiger partial charge in [-0.05, 0) is 18.9 Å². The summed E-state index contributed by atoms with van der Waals surface area (Å²) in [6.45, 7) is 2.52. The molecule has 2 heteroatoms. The Labute approximate surface area is 78.3 Å². The average molecular weight is 185 g/mol. The average Bonchev–Trinajstić information content (AvgIpc) is 2.05. The van der Waals surface area contributed by atoms with Crippen molar-refractivity contribution in [1.29, 1.82) is 0 Å². The number of ether oxygens (including phenoxy) is 1. The fraction of sp³-hybridized carbons (Fsp3) is 0.400. The molecular weight excluding hydrogens is 172 g/mol. The largest absolute Gasteiger partial charge is 0.362 e. The van der Waals surface area contributed by atoms with Crippen molar-refractivity contribution < 1.29 is 4.74 Å². The van der Waals surface area contributed by atoms with E-state index in [-0.39, 0.29) is 5.56 Å². The lowest BCUT2D eigenvalue weighted by molar-refractivity contribution is 0.122. The third-order valence-electron chi connectivity index (χ3n) is 1.58. The predicted molar refractivity (Wildman–Crippen MR) is 51.4 cm³/mol. The summed E-state index contributed by atoms with van der Waals surface area (Å²) >= 11 is 5.62. The molecule has 0 aromatic heterocycles. The first-order valence-electron chi connectivity index (χ1n) is 4.08. The van der Waals surface area contributed by atoms with Crippen LogP contribution in [-0.2, 0) is 11.2 Å². The molecule has 1 atom stereocenters. The van der Waals surface area contributed by atoms with Crippen molar-refractivity contribution in [3.05, 3.63) is 35.9 Å². The van der Waals surface area contributed by atoms with E-state index in [4.69, 9.17) is 16.3 Å². The van der Waals surface area contributed by atoms with Gasteiger partial charge in [0.1, 0.15) is 5.56 Å². The van der Waals surface area contributed by atoms with Gasteiger partial charge in [-0.2, -0.15) is 0 Å². The van der Waals surface area contributed by atoms with Gasteiger partial charge >= 0.3 is 0 Å². The standard InChI is InChI=1S/C10H13ClO/c1-9(11)12-8-7-10-5-3-2-4-6-10/h2-6,9H,7-8H2,1H3. The Morgan fingerprint density at radius 3 is 2.58 bits per heavy atom. The van der Waals surface area contributed by atoms with Gasteiger partial charge in [-0.3, -0.25) is 0 Å². The van der Waals surface area contributed by atoms with Crippen molar-refractivity contribution in [2.45, 2.75) is 18.9 Å². The van der Waals surface area contributed by atoms with Crippen LogP contribution in [0.1, 0.15) is 12.5 Å². The maximum atomic E-state index is 5.62. The van der Waals surface area contributed by atoms with Crippen LogP contribution in [0.4, 0.5) is 0 Å². The van der Waals surface area contributed by atoms with E-state index in [1.54, 1.807) is 0 Å². The zero-order valence-corrected chi connectivity index (χ0v) is 7.92. The van der Waals surface area contributed by atoms with Crippen molar-refractivity contribution in [1.82, 2.24) is 0 Å². The highest BCUT2D eigenvalue weighted by atomic mass is 35.5. The molecule has 0 aliphatic rings. The summed E-state index contributed by atoms with van der Waals surface area (Å²) in [5.74, 6) is 0. The molecule has 0 fully saturated rings. The maximum Gasteiger partial charge on any atom is 0.128 e. The predicted octanol–water partition coefficient (Wildman–Crippen LogP) is 2.83. The summed E-state index contributed by atoms with van der Waals surface area (Å²) in [7, 11) is 0. The van der Waals surface area contributed by atoms with Crippen molar-refractivity contribution in [2.24, 2.45) is 0 Å². The molecule has 12 heavy (non-hydrogen) atoms. The lowest BCUT2D eigenvalue weighted by Gasteiger charge is -2.04. The highest BCUT2D eigenvalue weighted by Gasteiger charge is 1.95. The van der Waals surface area contributed by atoms with Crippen molar-refractivity contribution in [3.63, 3.8) is 0 Å². The van der Waals surface area contributed by atoms with Gasteiger partial charge in [-0.15, -0.1) is 0 Å². The molecule has 0 aliphatic heterocycles. The highest BCUT2D eigenvalue weighted by Crippen LogP contribution is 2.02. The van der Waals surface area contributed by atoms with Gasteiger partial charge in [0, 0.05) is 0 Å². The van der Waals surface area contributed by atoms with Crippen molar-refractivity contribution in [3.8, 4) is 0 Å². The molecule has 0 bridgehead atoms. The van der Waals surface area contributed by atoms with E-state index < -0.39 is 0 Å². The number of hydrogen-bond donors (Lipinski definition) is 0. The van der Waals surface area contributed by atoms with Crippen LogP contribution in [0.25, 0.3) is 0 Å². The molecule has 1 unspecified atom stereocenters. The summed E-state index contributed by atoms with van der Waals surface area (Å²) < 4.78 is 5.21. The Balaban J connectivity index is 2.25. The third-order valence-corrected chi connectivity index (χ3v) is 1.71. The Morgan fingerprint density at radius 1 is 1.33 bits per heavy atom. The fourth-order valence-electron chi connectivity index (χ4n) is 0.984. The molecule has 0 saturated heterocycles. The summed E-state index contributed by atoms with van der Waals surface area (Å²) in [6.07, 6.45) is 0.928. The van der Waals surface area contributed by atoms with E-state index in [9.17, 15) is 0 Å². The molecule has 1 aromatic carbocycles. The van der Waals surface area contributed by atoms with Crippen LogP contribution in [0.15, 0.2) is 30.3 Å². The lowest BCUT2D eigenvalue weighted by atomic mass is 10.2. The first kappa shape index (κ1) is 9.56. The minimum atomic E-state index is -0.186. The summed E-state index contributed by atoms with van der Waals surface area (Å²) in [6, 6.07) is 10.2. The Hall–Kier alpha value is -0.530. The van der Waals surface area contributed by atoms with E-state index >= 15 is 0 Å². The van der Waals surface area contributed by atoms with Crippen LogP contribution in [0.5, 0.6) is 0 Å². The second kappa shape index (κ2) is 5.18. The van der Waals surface area contributed by atoms with Crippen LogP contribution in [0, 0.1) is 0 Å². The number of benzene rings is 1. The van der Waals surface area contributed by atoms with Crippen molar-refractivity contribution >= 4 is 11.6 Å². The van der Waals surface area contributed by atoms with Gasteiger partial charge in [0.05, 0.1) is 6.61 Å². The lowest BCUT2D eigenvalue weighted by Crippen LogP contribution is -2.03. The smallest absolute Gasteiger partial charge is 0.128 e. The first-order chi connectivity index (χ1) is 5.79. The first-order valence-corrected chi connectivity index (χ1v) is 4.52. The zero-order chi connectivity index (χ0) is 8.81. The highest BCUT2D eigenvalue weighted by molar-refractivity contribution is 6.19. The van der Waals surface area contributed by atoms with Crippen LogP contribution in [0.3, 0.4) is 0 Å². The minimum absolute atomic E-state index is 0.186. The van der Waals surface area contributed by atoms with Gasteiger partial charge < -0.3 is 4.74 Å². The number of rotatable bonds is 4. The van der Waals surface area contributed by atoms with E-state index in [2.05, 4.69) is 12.1 Å². The third kappa shape index (κ3) is 3.74. The molecule has 1 rings (SSSR count). The Kier molecular flexibility index (Phi) is 4.12. The second-order valence-electron chi connectivity index (χ2n) is 2.65. The second-order valence-corrected chi connectivity index (χ2v) is 3.26. The fourth-order valence-corrected chi connectivity index (χ4v) is 1.07. The molecule has 0 radical (unpaired) electrons. The van der Waals surface area contributed by atoms with Gasteiger partial charge in [0.2, 0.25) is 0 Å². The SMILES string of the molecule is CC(Cl)OCCc1ccccc1. The van der Waals surface area contributed by atoms with Gasteiger partial charge in [-0.1, -0.05) is 41.9 Å². The number of halogens is 1. The van der Waals surface area contributed by atoms with E-state index in [0.717, 1.165) is 6.42 Å². The zero-order valence-electron chi connectivity index (χ0n) is 7.16. The molecule has 0 N–H and O–H groups in total. The maximum absolute atomic E-state index is 5.62. The summed E-state index contributed by atoms with van der Waals surface area (Å²) in [4.78, 5) is 0. The van der Waals surface area contributed by atoms with Gasteiger partial charge in [-0.25, -0.2) is 0 Å². The quantitative estimate of drug-likeness (QED) is 0.654. The van der Waals surface area contributed by atoms with Crippen LogP contribution in [-0.4, -0.2) is 12.2 Å². The van der Waals surface area contributed by atoms with Gasteiger partial charge in [0.25, 0.3) is 0 Å². The van der Waals surface area contributed by atoms with Crippen molar-refractivity contribution in [2.75, 3.05) is 6.61 Å². The molecule has 0 heterocycles. The van der Waals surface area contributed by atoms with Crippen LogP contribution >= 0.6 is 11.6 Å². The van der Waals surface area contributed by atoms with E-state index in [0.29, 0.717) is 6.61 Å². The van der Waals surface area contributed by atoms with Crippen LogP contribution < -0.4 is 0 Å². The number of hydrogen-bond acceptors (Lipinski definition) is 1. The molecule has 0 spiro atoms. The summed E-state index contributed by atoms with van der Waals surface area (Å²) in [5, 5.41) is 0. The van der Waals surface area contributed by atoms with Gasteiger partial charge in [0.15, 0.2) is 0 Å². The Bertz CT molecular complexity index is 208. The van der Waals surface area contributed by atoms with E-state index in [1.165, 1.54) is 5.56 Å². The minimum Gasteiger partial charge on any atom is -0.362 e. The molecule has 0 amide bonds. The van der Waals surface area contributed by atoms with E-state index in [1.807, 2.05) is 25.1 Å². The normalized spacial score (nSPS) is 12.8. The monoisotopic (exact) mass is 184 g/mol. The molecule has 0 saturated carbocycles. The summed E-state index contributed by atoms with van der Waals surface area (Å²) in [5.41, 5.74) is 1.10.